The first kappa shape index (κ1) is 22.0. The molecule has 3 aliphatic rings. The molecule has 1 spiro atoms. The van der Waals surface area contributed by atoms with E-state index in [1.165, 1.54) is 41.2 Å². The minimum Gasteiger partial charge on any atom is -0.458 e. The Morgan fingerprint density at radius 1 is 1.20 bits per heavy atom. The third kappa shape index (κ3) is 4.81. The summed E-state index contributed by atoms with van der Waals surface area (Å²) >= 11 is 4.13. The lowest BCUT2D eigenvalue weighted by Crippen LogP contribution is -2.37. The Morgan fingerprint density at radius 2 is 1.90 bits per heavy atom. The number of carbonyl (C=O) groups excluding carboxylic acids is 1. The van der Waals surface area contributed by atoms with Gasteiger partial charge < -0.3 is 9.84 Å². The summed E-state index contributed by atoms with van der Waals surface area (Å²) in [5, 5.41) is 9.92. The number of rotatable bonds is 3. The zero-order valence-corrected chi connectivity index (χ0v) is 19.2. The van der Waals surface area contributed by atoms with Gasteiger partial charge in [0.2, 0.25) is 0 Å². The Balaban J connectivity index is 1.73. The Bertz CT molecular complexity index is 854. The summed E-state index contributed by atoms with van der Waals surface area (Å²) in [4.78, 5) is 11.7. The first-order chi connectivity index (χ1) is 14.3. The summed E-state index contributed by atoms with van der Waals surface area (Å²) in [5.41, 5.74) is 3.43. The lowest BCUT2D eigenvalue weighted by atomic mass is 9.70. The number of esters is 1. The maximum Gasteiger partial charge on any atom is 0.309 e. The van der Waals surface area contributed by atoms with Gasteiger partial charge in [-0.2, -0.15) is 0 Å². The Labute approximate surface area is 186 Å². The second kappa shape index (κ2) is 8.71. The minimum absolute atomic E-state index is 0.0658. The predicted octanol–water partition coefficient (Wildman–Crippen LogP) is 5.59. The minimum atomic E-state index is -0.649. The molecule has 1 aromatic rings. The quantitative estimate of drug-likeness (QED) is 0.611. The van der Waals surface area contributed by atoms with E-state index in [0.29, 0.717) is 6.42 Å². The van der Waals surface area contributed by atoms with E-state index in [4.69, 9.17) is 4.74 Å². The van der Waals surface area contributed by atoms with E-state index < -0.39 is 12.2 Å². The smallest absolute Gasteiger partial charge is 0.309 e. The van der Waals surface area contributed by atoms with Gasteiger partial charge >= 0.3 is 5.97 Å². The second-order valence-corrected chi connectivity index (χ2v) is 12.3. The number of cyclic esters (lactones) is 1. The Hall–Kier alpha value is -1.24. The standard InChI is InChI=1S/C24H29FO3S2/c1-23(2)15-24(29-10-3-11-30-24)14-20(16-4-6-17(25)7-5-16)21(23)9-8-19-12-18(26)13-22(27)28-19/h4-9,18-19,26H,3,10-15H2,1-2H3/b9-8+/t18-,19-/m0/s1. The van der Waals surface area contributed by atoms with Crippen LogP contribution in [-0.4, -0.2) is 38.9 Å². The van der Waals surface area contributed by atoms with Crippen LogP contribution in [0.15, 0.2) is 42.0 Å². The second-order valence-electron chi connectivity index (χ2n) is 9.08. The van der Waals surface area contributed by atoms with Gasteiger partial charge in [0.15, 0.2) is 0 Å². The highest BCUT2D eigenvalue weighted by molar-refractivity contribution is 8.18. The fourth-order valence-corrected chi connectivity index (χ4v) is 8.55. The van der Waals surface area contributed by atoms with Gasteiger partial charge in [0.25, 0.3) is 0 Å². The number of thioether (sulfide) groups is 2. The molecule has 30 heavy (non-hydrogen) atoms. The third-order valence-corrected chi connectivity index (χ3v) is 9.41. The molecule has 0 unspecified atom stereocenters. The molecule has 2 fully saturated rings. The molecule has 1 N–H and O–H groups in total. The topological polar surface area (TPSA) is 46.5 Å². The molecule has 2 atom stereocenters. The average Bonchev–Trinajstić information content (AvgIpc) is 2.67. The van der Waals surface area contributed by atoms with Crippen LogP contribution in [0.1, 0.15) is 51.5 Å². The first-order valence-corrected chi connectivity index (χ1v) is 12.6. The van der Waals surface area contributed by atoms with E-state index in [2.05, 4.69) is 43.4 Å². The van der Waals surface area contributed by atoms with E-state index in [-0.39, 0.29) is 27.7 Å². The van der Waals surface area contributed by atoms with Crippen molar-refractivity contribution in [2.24, 2.45) is 5.41 Å². The lowest BCUT2D eigenvalue weighted by Gasteiger charge is -2.48. The van der Waals surface area contributed by atoms with Crippen LogP contribution in [0.25, 0.3) is 5.57 Å². The summed E-state index contributed by atoms with van der Waals surface area (Å²) in [6.07, 6.45) is 6.68. The van der Waals surface area contributed by atoms with Crippen LogP contribution in [-0.2, 0) is 9.53 Å². The van der Waals surface area contributed by atoms with Gasteiger partial charge in [-0.15, -0.1) is 23.5 Å². The van der Waals surface area contributed by atoms with Gasteiger partial charge in [0, 0.05) is 6.42 Å². The van der Waals surface area contributed by atoms with Crippen LogP contribution in [0, 0.1) is 11.2 Å². The normalized spacial score (nSPS) is 28.7. The predicted molar refractivity (Wildman–Crippen MR) is 123 cm³/mol. The van der Waals surface area contributed by atoms with Crippen LogP contribution in [0.2, 0.25) is 0 Å². The number of hydrogen-bond donors (Lipinski definition) is 1. The summed E-state index contributed by atoms with van der Waals surface area (Å²) < 4.78 is 19.2. The lowest BCUT2D eigenvalue weighted by molar-refractivity contribution is -0.156. The summed E-state index contributed by atoms with van der Waals surface area (Å²) in [6.45, 7) is 4.54. The monoisotopic (exact) mass is 448 g/mol. The molecule has 2 aliphatic heterocycles. The molecular weight excluding hydrogens is 419 g/mol. The zero-order valence-electron chi connectivity index (χ0n) is 17.5. The van der Waals surface area contributed by atoms with Gasteiger partial charge in [0.1, 0.15) is 11.9 Å². The van der Waals surface area contributed by atoms with Crippen molar-refractivity contribution in [3.63, 3.8) is 0 Å². The van der Waals surface area contributed by atoms with E-state index >= 15 is 0 Å². The number of aliphatic hydroxyl groups excluding tert-OH is 1. The molecule has 0 radical (unpaired) electrons. The number of allylic oxidation sites excluding steroid dienone is 3. The van der Waals surface area contributed by atoms with Crippen molar-refractivity contribution in [2.75, 3.05) is 11.5 Å². The van der Waals surface area contributed by atoms with Gasteiger partial charge in [-0.25, -0.2) is 4.39 Å². The molecule has 1 aromatic carbocycles. The summed E-state index contributed by atoms with van der Waals surface area (Å²) in [5.74, 6) is 1.78. The van der Waals surface area contributed by atoms with Crippen molar-refractivity contribution < 1.29 is 19.0 Å². The number of halogens is 1. The number of ether oxygens (including phenoxy) is 1. The number of hydrogen-bond acceptors (Lipinski definition) is 5. The number of benzene rings is 1. The van der Waals surface area contributed by atoms with Gasteiger partial charge in [-0.05, 0) is 71.1 Å². The van der Waals surface area contributed by atoms with Crippen molar-refractivity contribution in [3.05, 3.63) is 53.4 Å². The maximum absolute atomic E-state index is 13.6. The van der Waals surface area contributed by atoms with Crippen LogP contribution in [0.4, 0.5) is 4.39 Å². The average molecular weight is 449 g/mol. The van der Waals surface area contributed by atoms with E-state index in [0.717, 1.165) is 18.4 Å². The fraction of sp³-hybridized carbons (Fsp3) is 0.542. The van der Waals surface area contributed by atoms with Crippen LogP contribution in [0.3, 0.4) is 0 Å². The largest absolute Gasteiger partial charge is 0.458 e. The molecule has 2 heterocycles. The summed E-state index contributed by atoms with van der Waals surface area (Å²) in [6, 6.07) is 6.79. The van der Waals surface area contributed by atoms with Gasteiger partial charge in [-0.3, -0.25) is 4.79 Å². The number of carbonyl (C=O) groups is 1. The van der Waals surface area contributed by atoms with E-state index in [9.17, 15) is 14.3 Å². The molecule has 0 saturated carbocycles. The SMILES string of the molecule is CC1(C)CC2(CC(c3ccc(F)cc3)=C1/C=C/[C@H]1C[C@H](O)CC(=O)O1)SCCCS2. The molecule has 2 saturated heterocycles. The van der Waals surface area contributed by atoms with E-state index in [1.807, 2.05) is 18.2 Å². The van der Waals surface area contributed by atoms with Crippen LogP contribution < -0.4 is 0 Å². The van der Waals surface area contributed by atoms with Crippen LogP contribution >= 0.6 is 23.5 Å². The molecule has 0 bridgehead atoms. The molecular formula is C24H29FO3S2. The van der Waals surface area contributed by atoms with Crippen molar-refractivity contribution >= 4 is 35.1 Å². The molecule has 4 rings (SSSR count). The highest BCUT2D eigenvalue weighted by Gasteiger charge is 2.45. The molecule has 3 nitrogen and oxygen atoms in total. The summed E-state index contributed by atoms with van der Waals surface area (Å²) in [7, 11) is 0. The van der Waals surface area contributed by atoms with Crippen molar-refractivity contribution in [1.29, 1.82) is 0 Å². The third-order valence-electron chi connectivity index (χ3n) is 6.09. The van der Waals surface area contributed by atoms with Gasteiger partial charge in [-0.1, -0.05) is 32.1 Å². The Kier molecular flexibility index (Phi) is 6.38. The van der Waals surface area contributed by atoms with Crippen molar-refractivity contribution in [3.8, 4) is 0 Å². The molecule has 0 amide bonds. The Morgan fingerprint density at radius 3 is 2.57 bits per heavy atom. The van der Waals surface area contributed by atoms with Gasteiger partial charge in [0.05, 0.1) is 16.6 Å². The molecule has 0 aromatic heterocycles. The van der Waals surface area contributed by atoms with Crippen LogP contribution in [0.5, 0.6) is 0 Å². The zero-order chi connectivity index (χ0) is 21.4. The molecule has 6 heteroatoms. The maximum atomic E-state index is 13.6. The molecule has 1 aliphatic carbocycles. The fourth-order valence-electron chi connectivity index (χ4n) is 4.79. The highest BCUT2D eigenvalue weighted by Crippen LogP contribution is 2.59. The first-order valence-electron chi connectivity index (χ1n) is 10.6. The van der Waals surface area contributed by atoms with E-state index in [1.54, 1.807) is 0 Å². The number of aliphatic hydroxyl groups is 1. The van der Waals surface area contributed by atoms with Crippen molar-refractivity contribution in [2.45, 2.75) is 62.2 Å². The van der Waals surface area contributed by atoms with Crippen molar-refractivity contribution in [1.82, 2.24) is 0 Å². The highest BCUT2D eigenvalue weighted by atomic mass is 32.2. The molecule has 162 valence electrons.